The standard InChI is InChI=1S/C15H22ClN3O/c1-3-6-17-10-12-4-5-14(13(16)9-12)19-8-7-18-15(20)11(19)2/h4-5,9,11,17H,3,6-8,10H2,1-2H3,(H,18,20). The lowest BCUT2D eigenvalue weighted by molar-refractivity contribution is -0.122. The zero-order valence-corrected chi connectivity index (χ0v) is 12.8. The first-order valence-electron chi connectivity index (χ1n) is 7.17. The van der Waals surface area contributed by atoms with E-state index < -0.39 is 0 Å². The van der Waals surface area contributed by atoms with Crippen LogP contribution in [0.5, 0.6) is 0 Å². The van der Waals surface area contributed by atoms with Gasteiger partial charge in [0.2, 0.25) is 5.91 Å². The first kappa shape index (κ1) is 15.1. The van der Waals surface area contributed by atoms with E-state index in [0.717, 1.165) is 31.7 Å². The SMILES string of the molecule is CCCNCc1ccc(N2CCNC(=O)C2C)c(Cl)c1. The van der Waals surface area contributed by atoms with E-state index in [1.807, 2.05) is 19.1 Å². The number of nitrogens with one attached hydrogen (secondary N) is 2. The lowest BCUT2D eigenvalue weighted by Gasteiger charge is -2.35. The van der Waals surface area contributed by atoms with E-state index >= 15 is 0 Å². The molecule has 5 heteroatoms. The Morgan fingerprint density at radius 3 is 3.00 bits per heavy atom. The molecule has 2 rings (SSSR count). The monoisotopic (exact) mass is 295 g/mol. The number of hydrogen-bond donors (Lipinski definition) is 2. The topological polar surface area (TPSA) is 44.4 Å². The molecule has 2 N–H and O–H groups in total. The number of anilines is 1. The molecule has 1 aliphatic rings. The van der Waals surface area contributed by atoms with Crippen molar-refractivity contribution in [2.45, 2.75) is 32.9 Å². The molecule has 1 amide bonds. The average Bonchev–Trinajstić information content (AvgIpc) is 2.43. The molecule has 0 bridgehead atoms. The van der Waals surface area contributed by atoms with E-state index in [9.17, 15) is 4.79 Å². The number of piperazine rings is 1. The summed E-state index contributed by atoms with van der Waals surface area (Å²) in [6.45, 7) is 7.33. The zero-order chi connectivity index (χ0) is 14.5. The fraction of sp³-hybridized carbons (Fsp3) is 0.533. The van der Waals surface area contributed by atoms with Crippen molar-refractivity contribution in [1.82, 2.24) is 10.6 Å². The van der Waals surface area contributed by atoms with Gasteiger partial charge in [-0.1, -0.05) is 24.6 Å². The number of amides is 1. The molecule has 0 saturated carbocycles. The Morgan fingerprint density at radius 1 is 1.50 bits per heavy atom. The Morgan fingerprint density at radius 2 is 2.30 bits per heavy atom. The van der Waals surface area contributed by atoms with Crippen LogP contribution in [0, 0.1) is 0 Å². The van der Waals surface area contributed by atoms with Crippen molar-refractivity contribution >= 4 is 23.2 Å². The Bertz CT molecular complexity index is 478. The van der Waals surface area contributed by atoms with Crippen LogP contribution in [-0.2, 0) is 11.3 Å². The Hall–Kier alpha value is -1.26. The van der Waals surface area contributed by atoms with Gasteiger partial charge in [-0.25, -0.2) is 0 Å². The third-order valence-electron chi connectivity index (χ3n) is 3.58. The fourth-order valence-corrected chi connectivity index (χ4v) is 2.73. The molecule has 1 fully saturated rings. The van der Waals surface area contributed by atoms with Gasteiger partial charge < -0.3 is 15.5 Å². The summed E-state index contributed by atoms with van der Waals surface area (Å²) >= 11 is 6.39. The van der Waals surface area contributed by atoms with Crippen LogP contribution in [0.3, 0.4) is 0 Å². The van der Waals surface area contributed by atoms with Crippen LogP contribution < -0.4 is 15.5 Å². The maximum absolute atomic E-state index is 11.7. The van der Waals surface area contributed by atoms with Gasteiger partial charge in [0.05, 0.1) is 10.7 Å². The highest BCUT2D eigenvalue weighted by molar-refractivity contribution is 6.33. The van der Waals surface area contributed by atoms with Gasteiger partial charge in [0, 0.05) is 19.6 Å². The van der Waals surface area contributed by atoms with Crippen LogP contribution in [0.25, 0.3) is 0 Å². The van der Waals surface area contributed by atoms with Gasteiger partial charge in [-0.15, -0.1) is 0 Å². The molecular weight excluding hydrogens is 274 g/mol. The first-order chi connectivity index (χ1) is 9.63. The summed E-state index contributed by atoms with van der Waals surface area (Å²) < 4.78 is 0. The average molecular weight is 296 g/mol. The van der Waals surface area contributed by atoms with E-state index in [0.29, 0.717) is 11.6 Å². The second-order valence-corrected chi connectivity index (χ2v) is 5.53. The zero-order valence-electron chi connectivity index (χ0n) is 12.1. The highest BCUT2D eigenvalue weighted by Crippen LogP contribution is 2.29. The number of hydrogen-bond acceptors (Lipinski definition) is 3. The molecule has 1 aromatic rings. The maximum atomic E-state index is 11.7. The molecule has 4 nitrogen and oxygen atoms in total. The van der Waals surface area contributed by atoms with Gasteiger partial charge >= 0.3 is 0 Å². The van der Waals surface area contributed by atoms with Gasteiger partial charge in [0.1, 0.15) is 6.04 Å². The second kappa shape index (κ2) is 6.95. The minimum absolute atomic E-state index is 0.0565. The molecule has 0 spiro atoms. The van der Waals surface area contributed by atoms with E-state index in [-0.39, 0.29) is 11.9 Å². The van der Waals surface area contributed by atoms with Crippen molar-refractivity contribution in [2.24, 2.45) is 0 Å². The van der Waals surface area contributed by atoms with Crippen LogP contribution in [0.15, 0.2) is 18.2 Å². The number of nitrogens with zero attached hydrogens (tertiary/aromatic N) is 1. The Kier molecular flexibility index (Phi) is 5.26. The lowest BCUT2D eigenvalue weighted by Crippen LogP contribution is -2.54. The Labute approximate surface area is 125 Å². The molecule has 1 atom stereocenters. The lowest BCUT2D eigenvalue weighted by atomic mass is 10.1. The molecule has 20 heavy (non-hydrogen) atoms. The molecule has 0 aliphatic carbocycles. The predicted octanol–water partition coefficient (Wildman–Crippen LogP) is 2.16. The number of carbonyl (C=O) groups is 1. The van der Waals surface area contributed by atoms with Gasteiger partial charge in [-0.05, 0) is 37.6 Å². The quantitative estimate of drug-likeness (QED) is 0.818. The van der Waals surface area contributed by atoms with Crippen molar-refractivity contribution < 1.29 is 4.79 Å². The molecule has 1 unspecified atom stereocenters. The molecule has 1 aliphatic heterocycles. The third kappa shape index (κ3) is 3.44. The number of benzene rings is 1. The summed E-state index contributed by atoms with van der Waals surface area (Å²) in [5, 5.41) is 6.93. The summed E-state index contributed by atoms with van der Waals surface area (Å²) in [5.41, 5.74) is 2.11. The highest BCUT2D eigenvalue weighted by atomic mass is 35.5. The summed E-state index contributed by atoms with van der Waals surface area (Å²) in [5.74, 6) is 0.0565. The molecule has 0 aromatic heterocycles. The van der Waals surface area contributed by atoms with Gasteiger partial charge in [-0.2, -0.15) is 0 Å². The van der Waals surface area contributed by atoms with Crippen molar-refractivity contribution in [3.8, 4) is 0 Å². The maximum Gasteiger partial charge on any atom is 0.242 e. The van der Waals surface area contributed by atoms with Crippen LogP contribution in [0.2, 0.25) is 5.02 Å². The molecule has 1 heterocycles. The largest absolute Gasteiger partial charge is 0.357 e. The summed E-state index contributed by atoms with van der Waals surface area (Å²) in [6, 6.07) is 5.90. The molecular formula is C15H22ClN3O. The molecule has 0 radical (unpaired) electrons. The van der Waals surface area contributed by atoms with Crippen LogP contribution >= 0.6 is 11.6 Å². The van der Waals surface area contributed by atoms with Crippen LogP contribution in [0.4, 0.5) is 5.69 Å². The van der Waals surface area contributed by atoms with Crippen LogP contribution in [-0.4, -0.2) is 31.6 Å². The molecule has 110 valence electrons. The minimum atomic E-state index is -0.176. The predicted molar refractivity (Wildman–Crippen MR) is 83.3 cm³/mol. The van der Waals surface area contributed by atoms with E-state index in [2.05, 4.69) is 28.5 Å². The summed E-state index contributed by atoms with van der Waals surface area (Å²) in [7, 11) is 0. The number of halogens is 1. The van der Waals surface area contributed by atoms with Gasteiger partial charge in [0.25, 0.3) is 0 Å². The minimum Gasteiger partial charge on any atom is -0.357 e. The van der Waals surface area contributed by atoms with Gasteiger partial charge in [-0.3, -0.25) is 4.79 Å². The normalized spacial score (nSPS) is 19.1. The highest BCUT2D eigenvalue weighted by Gasteiger charge is 2.26. The number of rotatable bonds is 5. The van der Waals surface area contributed by atoms with Crippen molar-refractivity contribution in [3.05, 3.63) is 28.8 Å². The third-order valence-corrected chi connectivity index (χ3v) is 3.88. The number of carbonyl (C=O) groups excluding carboxylic acids is 1. The Balaban J connectivity index is 2.10. The molecule has 1 saturated heterocycles. The summed E-state index contributed by atoms with van der Waals surface area (Å²) in [6.07, 6.45) is 1.12. The van der Waals surface area contributed by atoms with Crippen molar-refractivity contribution in [2.75, 3.05) is 24.5 Å². The smallest absolute Gasteiger partial charge is 0.242 e. The fourth-order valence-electron chi connectivity index (χ4n) is 2.41. The van der Waals surface area contributed by atoms with E-state index in [1.165, 1.54) is 5.56 Å². The van der Waals surface area contributed by atoms with E-state index in [4.69, 9.17) is 11.6 Å². The van der Waals surface area contributed by atoms with Crippen molar-refractivity contribution in [1.29, 1.82) is 0 Å². The first-order valence-corrected chi connectivity index (χ1v) is 7.54. The van der Waals surface area contributed by atoms with Crippen molar-refractivity contribution in [3.63, 3.8) is 0 Å². The van der Waals surface area contributed by atoms with E-state index in [1.54, 1.807) is 0 Å². The molecule has 1 aromatic carbocycles. The van der Waals surface area contributed by atoms with Crippen LogP contribution in [0.1, 0.15) is 25.8 Å². The summed E-state index contributed by atoms with van der Waals surface area (Å²) in [4.78, 5) is 13.8. The second-order valence-electron chi connectivity index (χ2n) is 5.12. The van der Waals surface area contributed by atoms with Gasteiger partial charge in [0.15, 0.2) is 0 Å².